The Morgan fingerprint density at radius 3 is 2.75 bits per heavy atom. The number of hydrogen-bond donors (Lipinski definition) is 1. The van der Waals surface area contributed by atoms with Gasteiger partial charge in [-0.25, -0.2) is 17.9 Å². The molecule has 0 heterocycles. The summed E-state index contributed by atoms with van der Waals surface area (Å²) in [6.07, 6.45) is 6.11. The van der Waals surface area contributed by atoms with Crippen LogP contribution in [0.25, 0.3) is 0 Å². The van der Waals surface area contributed by atoms with Gasteiger partial charge in [0.15, 0.2) is 0 Å². The van der Waals surface area contributed by atoms with Crippen molar-refractivity contribution in [1.82, 2.24) is 4.72 Å². The zero-order chi connectivity index (χ0) is 15.2. The summed E-state index contributed by atoms with van der Waals surface area (Å²) in [5, 5.41) is 0.0170. The molecule has 0 atom stereocenters. The molecule has 0 aromatic heterocycles. The SMILES string of the molecule is C#CCCCNS(=O)(=O)c1ccc(C(=O)OC)c(Cl)c1. The van der Waals surface area contributed by atoms with Gasteiger partial charge in [-0.2, -0.15) is 0 Å². The molecule has 20 heavy (non-hydrogen) atoms. The molecule has 7 heteroatoms. The molecule has 5 nitrogen and oxygen atoms in total. The highest BCUT2D eigenvalue weighted by Gasteiger charge is 2.17. The van der Waals surface area contributed by atoms with Crippen LogP contribution in [0, 0.1) is 12.3 Å². The average molecular weight is 316 g/mol. The lowest BCUT2D eigenvalue weighted by Gasteiger charge is -2.08. The van der Waals surface area contributed by atoms with Crippen LogP contribution in [0.3, 0.4) is 0 Å². The van der Waals surface area contributed by atoms with Crippen molar-refractivity contribution in [3.05, 3.63) is 28.8 Å². The molecule has 0 saturated carbocycles. The Hall–Kier alpha value is -1.55. The predicted molar refractivity (Wildman–Crippen MR) is 76.0 cm³/mol. The minimum absolute atomic E-state index is 0.0170. The van der Waals surface area contributed by atoms with Gasteiger partial charge < -0.3 is 4.74 Å². The molecule has 1 rings (SSSR count). The Labute approximate surface area is 123 Å². The van der Waals surface area contributed by atoms with Gasteiger partial charge in [-0.1, -0.05) is 11.6 Å². The van der Waals surface area contributed by atoms with Crippen LogP contribution in [0.4, 0.5) is 0 Å². The molecule has 0 unspecified atom stereocenters. The Bertz CT molecular complexity index is 634. The molecule has 0 radical (unpaired) electrons. The van der Waals surface area contributed by atoms with Crippen LogP contribution in [-0.4, -0.2) is 28.0 Å². The zero-order valence-corrected chi connectivity index (χ0v) is 12.4. The fourth-order valence-corrected chi connectivity index (χ4v) is 2.84. The lowest BCUT2D eigenvalue weighted by Crippen LogP contribution is -2.24. The summed E-state index contributed by atoms with van der Waals surface area (Å²) in [6, 6.07) is 3.81. The molecule has 0 aliphatic carbocycles. The number of sulfonamides is 1. The van der Waals surface area contributed by atoms with E-state index in [0.29, 0.717) is 12.8 Å². The fourth-order valence-electron chi connectivity index (χ4n) is 1.42. The molecule has 0 aliphatic heterocycles. The first kappa shape index (κ1) is 16.5. The molecule has 0 bridgehead atoms. The lowest BCUT2D eigenvalue weighted by molar-refractivity contribution is 0.0601. The summed E-state index contributed by atoms with van der Waals surface area (Å²) in [4.78, 5) is 11.3. The highest BCUT2D eigenvalue weighted by atomic mass is 35.5. The topological polar surface area (TPSA) is 72.5 Å². The molecule has 1 aromatic carbocycles. The third-order valence-corrected chi connectivity index (χ3v) is 4.22. The number of nitrogens with one attached hydrogen (secondary N) is 1. The van der Waals surface area contributed by atoms with E-state index >= 15 is 0 Å². The standard InChI is InChI=1S/C13H14ClNO4S/c1-3-4-5-8-15-20(17,18)10-6-7-11(12(14)9-10)13(16)19-2/h1,6-7,9,15H,4-5,8H2,2H3. The first-order chi connectivity index (χ1) is 9.42. The molecular formula is C13H14ClNO4S. The number of terminal acetylenes is 1. The van der Waals surface area contributed by atoms with E-state index in [-0.39, 0.29) is 22.0 Å². The number of unbranched alkanes of at least 4 members (excludes halogenated alkanes) is 1. The van der Waals surface area contributed by atoms with Crippen molar-refractivity contribution in [3.63, 3.8) is 0 Å². The van der Waals surface area contributed by atoms with Gasteiger partial charge in [0.25, 0.3) is 0 Å². The number of halogens is 1. The van der Waals surface area contributed by atoms with Gasteiger partial charge in [0.2, 0.25) is 10.0 Å². The zero-order valence-electron chi connectivity index (χ0n) is 10.8. The van der Waals surface area contributed by atoms with Crippen LogP contribution < -0.4 is 4.72 Å². The van der Waals surface area contributed by atoms with Gasteiger partial charge in [0, 0.05) is 13.0 Å². The molecular weight excluding hydrogens is 302 g/mol. The van der Waals surface area contributed by atoms with E-state index in [4.69, 9.17) is 18.0 Å². The van der Waals surface area contributed by atoms with Crippen LogP contribution in [0.5, 0.6) is 0 Å². The van der Waals surface area contributed by atoms with Crippen molar-refractivity contribution in [2.24, 2.45) is 0 Å². The van der Waals surface area contributed by atoms with Gasteiger partial charge in [-0.15, -0.1) is 12.3 Å². The first-order valence-electron chi connectivity index (χ1n) is 5.73. The van der Waals surface area contributed by atoms with Crippen LogP contribution in [-0.2, 0) is 14.8 Å². The highest BCUT2D eigenvalue weighted by molar-refractivity contribution is 7.89. The maximum atomic E-state index is 12.0. The Morgan fingerprint density at radius 2 is 2.20 bits per heavy atom. The molecule has 1 N–H and O–H groups in total. The maximum absolute atomic E-state index is 12.0. The Morgan fingerprint density at radius 1 is 1.50 bits per heavy atom. The molecule has 0 amide bonds. The minimum atomic E-state index is -3.67. The minimum Gasteiger partial charge on any atom is -0.465 e. The van der Waals surface area contributed by atoms with E-state index in [2.05, 4.69) is 15.4 Å². The van der Waals surface area contributed by atoms with Crippen molar-refractivity contribution < 1.29 is 17.9 Å². The van der Waals surface area contributed by atoms with Gasteiger partial charge in [-0.05, 0) is 24.6 Å². The van der Waals surface area contributed by atoms with E-state index < -0.39 is 16.0 Å². The number of methoxy groups -OCH3 is 1. The van der Waals surface area contributed by atoms with Gasteiger partial charge in [0.05, 0.1) is 22.6 Å². The number of carbonyl (C=O) groups is 1. The molecule has 0 aliphatic rings. The monoisotopic (exact) mass is 315 g/mol. The van der Waals surface area contributed by atoms with Crippen molar-refractivity contribution >= 4 is 27.6 Å². The molecule has 0 fully saturated rings. The van der Waals surface area contributed by atoms with E-state index in [9.17, 15) is 13.2 Å². The smallest absolute Gasteiger partial charge is 0.339 e. The summed E-state index contributed by atoms with van der Waals surface area (Å²) in [5.74, 6) is 1.80. The van der Waals surface area contributed by atoms with Crippen LogP contribution in [0.2, 0.25) is 5.02 Å². The van der Waals surface area contributed by atoms with Crippen LogP contribution in [0.1, 0.15) is 23.2 Å². The van der Waals surface area contributed by atoms with Crippen molar-refractivity contribution in [2.75, 3.05) is 13.7 Å². The molecule has 1 aromatic rings. The third kappa shape index (κ3) is 4.23. The predicted octanol–water partition coefficient (Wildman–Crippen LogP) is 1.82. The second kappa shape index (κ2) is 7.29. The van der Waals surface area contributed by atoms with Crippen molar-refractivity contribution in [2.45, 2.75) is 17.7 Å². The highest BCUT2D eigenvalue weighted by Crippen LogP contribution is 2.21. The molecule has 108 valence electrons. The summed E-state index contributed by atoms with van der Waals surface area (Å²) in [7, 11) is -2.45. The maximum Gasteiger partial charge on any atom is 0.339 e. The van der Waals surface area contributed by atoms with Crippen molar-refractivity contribution in [1.29, 1.82) is 0 Å². The van der Waals surface area contributed by atoms with Gasteiger partial charge in [0.1, 0.15) is 0 Å². The lowest BCUT2D eigenvalue weighted by atomic mass is 10.2. The van der Waals surface area contributed by atoms with Gasteiger partial charge in [-0.3, -0.25) is 0 Å². The number of carbonyl (C=O) groups excluding carboxylic acids is 1. The van der Waals surface area contributed by atoms with E-state index in [1.807, 2.05) is 0 Å². The number of hydrogen-bond acceptors (Lipinski definition) is 4. The quantitative estimate of drug-likeness (QED) is 0.494. The number of benzene rings is 1. The van der Waals surface area contributed by atoms with E-state index in [0.717, 1.165) is 0 Å². The normalized spacial score (nSPS) is 10.8. The number of rotatable bonds is 6. The van der Waals surface area contributed by atoms with Gasteiger partial charge >= 0.3 is 5.97 Å². The summed E-state index contributed by atoms with van der Waals surface area (Å²) in [6.45, 7) is 0.239. The average Bonchev–Trinajstić information content (AvgIpc) is 2.42. The summed E-state index contributed by atoms with van der Waals surface area (Å²) < 4.78 is 30.9. The fraction of sp³-hybridized carbons (Fsp3) is 0.308. The second-order valence-corrected chi connectivity index (χ2v) is 6.01. The Kier molecular flexibility index (Phi) is 6.02. The number of ether oxygens (including phenoxy) is 1. The van der Waals surface area contributed by atoms with Crippen molar-refractivity contribution in [3.8, 4) is 12.3 Å². The van der Waals surface area contributed by atoms with Crippen LogP contribution >= 0.6 is 11.6 Å². The third-order valence-electron chi connectivity index (χ3n) is 2.45. The molecule has 0 saturated heterocycles. The first-order valence-corrected chi connectivity index (χ1v) is 7.59. The van der Waals surface area contributed by atoms with E-state index in [1.165, 1.54) is 25.3 Å². The second-order valence-electron chi connectivity index (χ2n) is 3.84. The van der Waals surface area contributed by atoms with Crippen LogP contribution in [0.15, 0.2) is 23.1 Å². The molecule has 0 spiro atoms. The largest absolute Gasteiger partial charge is 0.465 e. The summed E-state index contributed by atoms with van der Waals surface area (Å²) >= 11 is 5.87. The van der Waals surface area contributed by atoms with E-state index in [1.54, 1.807) is 0 Å². The number of esters is 1. The summed E-state index contributed by atoms with van der Waals surface area (Å²) in [5.41, 5.74) is 0.112. The Balaban J connectivity index is 2.89.